The van der Waals surface area contributed by atoms with E-state index in [0.717, 1.165) is 25.7 Å². The van der Waals surface area contributed by atoms with Gasteiger partial charge in [0.2, 0.25) is 10.0 Å². The van der Waals surface area contributed by atoms with Crippen LogP contribution < -0.4 is 0 Å². The van der Waals surface area contributed by atoms with Gasteiger partial charge in [0.15, 0.2) is 19.7 Å². The van der Waals surface area contributed by atoms with Crippen LogP contribution in [0.5, 0.6) is 0 Å². The van der Waals surface area contributed by atoms with Gasteiger partial charge in [-0.1, -0.05) is 18.9 Å². The summed E-state index contributed by atoms with van der Waals surface area (Å²) in [6, 6.07) is 5.30. The van der Waals surface area contributed by atoms with E-state index in [1.807, 2.05) is 0 Å². The highest BCUT2D eigenvalue weighted by atomic mass is 32.2. The van der Waals surface area contributed by atoms with Crippen LogP contribution in [-0.4, -0.2) is 59.4 Å². The van der Waals surface area contributed by atoms with Gasteiger partial charge in [-0.2, -0.15) is 4.31 Å². The molecule has 2 saturated heterocycles. The van der Waals surface area contributed by atoms with E-state index in [9.17, 15) is 25.3 Å². The van der Waals surface area contributed by atoms with Crippen LogP contribution in [0, 0.1) is 0 Å². The monoisotopic (exact) mass is 421 g/mol. The second-order valence-corrected chi connectivity index (χ2v) is 13.3. The molecule has 1 aromatic carbocycles. The fourth-order valence-electron chi connectivity index (χ4n) is 3.44. The molecule has 3 rings (SSSR count). The zero-order chi connectivity index (χ0) is 19.0. The average Bonchev–Trinajstić information content (AvgIpc) is 2.80. The lowest BCUT2D eigenvalue weighted by molar-refractivity contribution is 0.423. The highest BCUT2D eigenvalue weighted by Crippen LogP contribution is 2.28. The van der Waals surface area contributed by atoms with Gasteiger partial charge >= 0.3 is 0 Å². The molecule has 0 spiro atoms. The highest BCUT2D eigenvalue weighted by Gasteiger charge is 2.38. The van der Waals surface area contributed by atoms with E-state index in [0.29, 0.717) is 13.1 Å². The third kappa shape index (κ3) is 3.97. The largest absolute Gasteiger partial charge is 0.243 e. The van der Waals surface area contributed by atoms with Crippen molar-refractivity contribution in [3.05, 3.63) is 24.3 Å². The Morgan fingerprint density at radius 1 is 0.923 bits per heavy atom. The number of hydrogen-bond acceptors (Lipinski definition) is 6. The van der Waals surface area contributed by atoms with E-state index >= 15 is 0 Å². The minimum absolute atomic E-state index is 0.0494. The summed E-state index contributed by atoms with van der Waals surface area (Å²) in [6.45, 7) is 0.861. The molecule has 0 radical (unpaired) electrons. The fraction of sp³-hybridized carbons (Fsp3) is 0.625. The Balaban J connectivity index is 1.93. The van der Waals surface area contributed by atoms with Gasteiger partial charge in [-0.3, -0.25) is 0 Å². The second kappa shape index (κ2) is 7.21. The lowest BCUT2D eigenvalue weighted by Crippen LogP contribution is -2.32. The Morgan fingerprint density at radius 2 is 1.54 bits per heavy atom. The van der Waals surface area contributed by atoms with Crippen LogP contribution in [0.4, 0.5) is 0 Å². The quantitative estimate of drug-likeness (QED) is 0.723. The van der Waals surface area contributed by atoms with Crippen LogP contribution in [0.2, 0.25) is 0 Å². The first kappa shape index (κ1) is 19.8. The molecule has 1 atom stereocenters. The lowest BCUT2D eigenvalue weighted by Gasteiger charge is -2.20. The summed E-state index contributed by atoms with van der Waals surface area (Å²) < 4.78 is 75.9. The molecule has 2 aliphatic rings. The number of nitrogens with zero attached hydrogens (tertiary/aromatic N) is 1. The predicted octanol–water partition coefficient (Wildman–Crippen LogP) is 1.21. The normalized spacial score (nSPS) is 25.0. The van der Waals surface area contributed by atoms with Gasteiger partial charge in [0, 0.05) is 13.1 Å². The van der Waals surface area contributed by atoms with Crippen LogP contribution in [0.25, 0.3) is 0 Å². The summed E-state index contributed by atoms with van der Waals surface area (Å²) in [4.78, 5) is -0.183. The van der Waals surface area contributed by atoms with E-state index in [2.05, 4.69) is 0 Å². The number of rotatable bonds is 4. The van der Waals surface area contributed by atoms with Crippen LogP contribution in [-0.2, 0) is 29.7 Å². The summed E-state index contributed by atoms with van der Waals surface area (Å²) in [5.41, 5.74) is 0. The van der Waals surface area contributed by atoms with Gasteiger partial charge in [-0.05, 0) is 37.5 Å². The van der Waals surface area contributed by atoms with E-state index < -0.39 is 40.7 Å². The minimum atomic E-state index is -3.89. The molecule has 0 amide bonds. The zero-order valence-electron chi connectivity index (χ0n) is 14.4. The maximum Gasteiger partial charge on any atom is 0.243 e. The third-order valence-electron chi connectivity index (χ3n) is 4.97. The fourth-order valence-corrected chi connectivity index (χ4v) is 9.48. The van der Waals surface area contributed by atoms with Crippen LogP contribution in [0.1, 0.15) is 32.1 Å². The molecule has 146 valence electrons. The highest BCUT2D eigenvalue weighted by molar-refractivity contribution is 7.96. The van der Waals surface area contributed by atoms with Crippen molar-refractivity contribution in [1.82, 2.24) is 4.31 Å². The summed E-state index contributed by atoms with van der Waals surface area (Å²) >= 11 is 0. The van der Waals surface area contributed by atoms with Crippen molar-refractivity contribution < 1.29 is 25.3 Å². The van der Waals surface area contributed by atoms with Crippen molar-refractivity contribution >= 4 is 29.7 Å². The standard InChI is InChI=1S/C16H23NO6S3/c18-24(19)11-8-16(13-24)25(20,21)14-6-5-7-15(12-14)26(22,23)17-9-3-1-2-4-10-17/h5-7,12,16H,1-4,8-11,13H2/t16-/m1/s1. The number of sulfonamides is 1. The van der Waals surface area contributed by atoms with Crippen molar-refractivity contribution in [3.63, 3.8) is 0 Å². The Morgan fingerprint density at radius 3 is 2.12 bits per heavy atom. The van der Waals surface area contributed by atoms with Crippen molar-refractivity contribution in [2.75, 3.05) is 24.6 Å². The maximum absolute atomic E-state index is 12.9. The van der Waals surface area contributed by atoms with Crippen molar-refractivity contribution in [2.45, 2.75) is 47.1 Å². The molecular weight excluding hydrogens is 398 g/mol. The smallest absolute Gasteiger partial charge is 0.229 e. The van der Waals surface area contributed by atoms with E-state index in [4.69, 9.17) is 0 Å². The Labute approximate surface area is 155 Å². The molecule has 0 bridgehead atoms. The molecule has 26 heavy (non-hydrogen) atoms. The average molecular weight is 422 g/mol. The molecule has 2 fully saturated rings. The topological polar surface area (TPSA) is 106 Å². The zero-order valence-corrected chi connectivity index (χ0v) is 16.8. The Kier molecular flexibility index (Phi) is 5.49. The molecule has 0 aromatic heterocycles. The molecule has 10 heteroatoms. The molecule has 1 aromatic rings. The van der Waals surface area contributed by atoms with Gasteiger partial charge in [0.25, 0.3) is 0 Å². The van der Waals surface area contributed by atoms with Gasteiger partial charge in [0.05, 0.1) is 26.5 Å². The number of hydrogen-bond donors (Lipinski definition) is 0. The first-order valence-corrected chi connectivity index (χ1v) is 13.5. The minimum Gasteiger partial charge on any atom is -0.229 e. The van der Waals surface area contributed by atoms with E-state index in [1.54, 1.807) is 0 Å². The van der Waals surface area contributed by atoms with Crippen LogP contribution in [0.15, 0.2) is 34.1 Å². The molecule has 0 saturated carbocycles. The second-order valence-electron chi connectivity index (χ2n) is 6.86. The molecule has 7 nitrogen and oxygen atoms in total. The van der Waals surface area contributed by atoms with E-state index in [-0.39, 0.29) is 22.0 Å². The lowest BCUT2D eigenvalue weighted by atomic mass is 10.2. The van der Waals surface area contributed by atoms with Crippen molar-refractivity contribution in [1.29, 1.82) is 0 Å². The molecule has 0 aliphatic carbocycles. The summed E-state index contributed by atoms with van der Waals surface area (Å²) in [5, 5.41) is -1.01. The van der Waals surface area contributed by atoms with Gasteiger partial charge in [0.1, 0.15) is 0 Å². The van der Waals surface area contributed by atoms with Crippen LogP contribution >= 0.6 is 0 Å². The molecule has 2 heterocycles. The maximum atomic E-state index is 12.9. The number of sulfone groups is 2. The predicted molar refractivity (Wildman–Crippen MR) is 97.9 cm³/mol. The SMILES string of the molecule is O=S1(=O)CC[C@@H](S(=O)(=O)c2cccc(S(=O)(=O)N3CCCCCC3)c2)C1. The first-order valence-electron chi connectivity index (χ1n) is 8.67. The summed E-state index contributed by atoms with van der Waals surface area (Å²) in [7, 11) is -11.0. The molecule has 2 aliphatic heterocycles. The van der Waals surface area contributed by atoms with Crippen molar-refractivity contribution in [2.24, 2.45) is 0 Å². The Hall–Kier alpha value is -0.970. The molecule has 0 unspecified atom stereocenters. The van der Waals surface area contributed by atoms with Crippen LogP contribution in [0.3, 0.4) is 0 Å². The third-order valence-corrected chi connectivity index (χ3v) is 11.0. The first-order chi connectivity index (χ1) is 12.1. The van der Waals surface area contributed by atoms with Gasteiger partial charge in [-0.15, -0.1) is 0 Å². The summed E-state index contributed by atoms with van der Waals surface area (Å²) in [6.07, 6.45) is 3.59. The molecular formula is C16H23NO6S3. The number of benzene rings is 1. The van der Waals surface area contributed by atoms with E-state index in [1.165, 1.54) is 28.6 Å². The molecule has 0 N–H and O–H groups in total. The summed E-state index contributed by atoms with van der Waals surface area (Å²) in [5.74, 6) is -0.554. The van der Waals surface area contributed by atoms with Crippen molar-refractivity contribution in [3.8, 4) is 0 Å². The Bertz CT molecular complexity index is 975. The van der Waals surface area contributed by atoms with Gasteiger partial charge < -0.3 is 0 Å². The van der Waals surface area contributed by atoms with Gasteiger partial charge in [-0.25, -0.2) is 25.3 Å².